The van der Waals surface area contributed by atoms with Gasteiger partial charge in [0.1, 0.15) is 5.75 Å². The van der Waals surface area contributed by atoms with Crippen LogP contribution in [0.25, 0.3) is 0 Å². The Kier molecular flexibility index (Phi) is 3.67. The second-order valence-electron chi connectivity index (χ2n) is 4.50. The molecule has 0 fully saturated rings. The number of benzene rings is 1. The van der Waals surface area contributed by atoms with Gasteiger partial charge in [0.2, 0.25) is 0 Å². The lowest BCUT2D eigenvalue weighted by molar-refractivity contribution is 0.0780. The molecule has 92 valence electrons. The van der Waals surface area contributed by atoms with E-state index in [1.165, 1.54) is 0 Å². The van der Waals surface area contributed by atoms with Gasteiger partial charge in [-0.05, 0) is 30.5 Å². The van der Waals surface area contributed by atoms with Gasteiger partial charge in [-0.3, -0.25) is 4.79 Å². The summed E-state index contributed by atoms with van der Waals surface area (Å²) in [4.78, 5) is 13.7. The van der Waals surface area contributed by atoms with Crippen LogP contribution in [-0.4, -0.2) is 31.0 Å². The number of likely N-dealkylation sites (N-methyl/N-ethyl adjacent to an activating group) is 1. The highest BCUT2D eigenvalue weighted by molar-refractivity contribution is 5.97. The number of amides is 1. The number of hydrogen-bond donors (Lipinski definition) is 0. The van der Waals surface area contributed by atoms with E-state index >= 15 is 0 Å². The van der Waals surface area contributed by atoms with Crippen LogP contribution >= 0.6 is 0 Å². The number of unbranched alkanes of at least 4 members (excludes halogenated alkanes) is 1. The molecule has 1 heterocycles. The van der Waals surface area contributed by atoms with E-state index in [0.29, 0.717) is 0 Å². The van der Waals surface area contributed by atoms with Crippen molar-refractivity contribution >= 4 is 5.91 Å². The zero-order valence-corrected chi connectivity index (χ0v) is 10.5. The molecule has 2 rings (SSSR count). The molecule has 0 aliphatic carbocycles. The minimum Gasteiger partial charge on any atom is -0.494 e. The van der Waals surface area contributed by atoms with E-state index in [-0.39, 0.29) is 5.91 Å². The molecule has 1 aliphatic heterocycles. The molecule has 0 saturated heterocycles. The van der Waals surface area contributed by atoms with Gasteiger partial charge >= 0.3 is 0 Å². The van der Waals surface area contributed by atoms with Crippen LogP contribution in [0.3, 0.4) is 0 Å². The molecule has 3 heteroatoms. The van der Waals surface area contributed by atoms with Gasteiger partial charge in [0.25, 0.3) is 5.91 Å². The maximum absolute atomic E-state index is 12.0. The molecule has 1 amide bonds. The van der Waals surface area contributed by atoms with Crippen LogP contribution in [0.5, 0.6) is 5.75 Å². The molecular weight excluding hydrogens is 214 g/mol. The second-order valence-corrected chi connectivity index (χ2v) is 4.50. The third-order valence-corrected chi connectivity index (χ3v) is 3.14. The van der Waals surface area contributed by atoms with Crippen molar-refractivity contribution in [3.05, 3.63) is 29.3 Å². The van der Waals surface area contributed by atoms with Gasteiger partial charge in [0.15, 0.2) is 0 Å². The van der Waals surface area contributed by atoms with E-state index in [4.69, 9.17) is 4.74 Å². The summed E-state index contributed by atoms with van der Waals surface area (Å²) in [5.41, 5.74) is 1.93. The highest BCUT2D eigenvalue weighted by Gasteiger charge is 2.21. The van der Waals surface area contributed by atoms with Gasteiger partial charge in [-0.25, -0.2) is 0 Å². The Morgan fingerprint density at radius 2 is 2.24 bits per heavy atom. The average Bonchev–Trinajstić information content (AvgIpc) is 2.35. The van der Waals surface area contributed by atoms with Gasteiger partial charge in [-0.2, -0.15) is 0 Å². The Morgan fingerprint density at radius 3 is 3.00 bits per heavy atom. The van der Waals surface area contributed by atoms with Crippen LogP contribution in [-0.2, 0) is 6.42 Å². The second kappa shape index (κ2) is 5.21. The van der Waals surface area contributed by atoms with Crippen LogP contribution in [0.4, 0.5) is 0 Å². The van der Waals surface area contributed by atoms with Crippen molar-refractivity contribution in [2.45, 2.75) is 26.2 Å². The van der Waals surface area contributed by atoms with Crippen molar-refractivity contribution in [1.82, 2.24) is 4.90 Å². The minimum atomic E-state index is 0.104. The van der Waals surface area contributed by atoms with E-state index < -0.39 is 0 Å². The third-order valence-electron chi connectivity index (χ3n) is 3.14. The summed E-state index contributed by atoms with van der Waals surface area (Å²) in [6, 6.07) is 5.86. The number of rotatable bonds is 4. The Balaban J connectivity index is 2.15. The summed E-state index contributed by atoms with van der Waals surface area (Å²) >= 11 is 0. The first-order valence-electron chi connectivity index (χ1n) is 6.23. The van der Waals surface area contributed by atoms with Crippen molar-refractivity contribution in [2.24, 2.45) is 0 Å². The Hall–Kier alpha value is -1.51. The van der Waals surface area contributed by atoms with Gasteiger partial charge in [-0.1, -0.05) is 19.4 Å². The zero-order valence-electron chi connectivity index (χ0n) is 10.5. The van der Waals surface area contributed by atoms with Crippen LogP contribution in [0.15, 0.2) is 18.2 Å². The molecule has 0 N–H and O–H groups in total. The van der Waals surface area contributed by atoms with Crippen molar-refractivity contribution in [3.8, 4) is 5.75 Å². The van der Waals surface area contributed by atoms with Crippen LogP contribution in [0.1, 0.15) is 35.7 Å². The van der Waals surface area contributed by atoms with E-state index in [2.05, 4.69) is 6.92 Å². The van der Waals surface area contributed by atoms with Crippen molar-refractivity contribution < 1.29 is 9.53 Å². The van der Waals surface area contributed by atoms with Crippen LogP contribution in [0.2, 0.25) is 0 Å². The molecule has 17 heavy (non-hydrogen) atoms. The van der Waals surface area contributed by atoms with E-state index in [1.807, 2.05) is 25.2 Å². The van der Waals surface area contributed by atoms with Crippen LogP contribution in [0, 0.1) is 0 Å². The SMILES string of the molecule is CCCCOc1ccc2c(c1)C(=O)N(C)CC2. The molecule has 0 spiro atoms. The Morgan fingerprint density at radius 1 is 1.41 bits per heavy atom. The highest BCUT2D eigenvalue weighted by Crippen LogP contribution is 2.23. The topological polar surface area (TPSA) is 29.5 Å². The number of carbonyl (C=O) groups excluding carboxylic acids is 1. The fraction of sp³-hybridized carbons (Fsp3) is 0.500. The van der Waals surface area contributed by atoms with E-state index in [9.17, 15) is 4.79 Å². The lowest BCUT2D eigenvalue weighted by Crippen LogP contribution is -2.34. The van der Waals surface area contributed by atoms with Crippen molar-refractivity contribution in [2.75, 3.05) is 20.2 Å². The summed E-state index contributed by atoms with van der Waals surface area (Å²) in [5.74, 6) is 0.910. The summed E-state index contributed by atoms with van der Waals surface area (Å²) in [6.45, 7) is 3.66. The monoisotopic (exact) mass is 233 g/mol. The number of carbonyl (C=O) groups is 1. The molecule has 0 saturated carbocycles. The molecule has 3 nitrogen and oxygen atoms in total. The maximum Gasteiger partial charge on any atom is 0.254 e. The maximum atomic E-state index is 12.0. The predicted octanol–water partition coefficient (Wildman–Crippen LogP) is 2.49. The molecule has 0 unspecified atom stereocenters. The number of fused-ring (bicyclic) bond motifs is 1. The smallest absolute Gasteiger partial charge is 0.254 e. The standard InChI is InChI=1S/C14H19NO2/c1-3-4-9-17-12-6-5-11-7-8-15(2)14(16)13(11)10-12/h5-6,10H,3-4,7-9H2,1-2H3. The zero-order chi connectivity index (χ0) is 12.3. The molecule has 1 aromatic carbocycles. The lowest BCUT2D eigenvalue weighted by Gasteiger charge is -2.25. The first-order valence-corrected chi connectivity index (χ1v) is 6.23. The molecule has 0 radical (unpaired) electrons. The van der Waals surface area contributed by atoms with E-state index in [0.717, 1.165) is 49.3 Å². The fourth-order valence-electron chi connectivity index (χ4n) is 1.99. The predicted molar refractivity (Wildman–Crippen MR) is 67.5 cm³/mol. The normalized spacial score (nSPS) is 14.7. The molecule has 0 aromatic heterocycles. The van der Waals surface area contributed by atoms with Crippen molar-refractivity contribution in [3.63, 3.8) is 0 Å². The number of nitrogens with zero attached hydrogens (tertiary/aromatic N) is 1. The summed E-state index contributed by atoms with van der Waals surface area (Å²) < 4.78 is 5.63. The largest absolute Gasteiger partial charge is 0.494 e. The highest BCUT2D eigenvalue weighted by atomic mass is 16.5. The number of hydrogen-bond acceptors (Lipinski definition) is 2. The molecule has 0 atom stereocenters. The van der Waals surface area contributed by atoms with Gasteiger partial charge < -0.3 is 9.64 Å². The van der Waals surface area contributed by atoms with Crippen molar-refractivity contribution in [1.29, 1.82) is 0 Å². The number of ether oxygens (including phenoxy) is 1. The van der Waals surface area contributed by atoms with E-state index in [1.54, 1.807) is 4.90 Å². The molecule has 1 aromatic rings. The Labute approximate surface area is 102 Å². The fourth-order valence-corrected chi connectivity index (χ4v) is 1.99. The summed E-state index contributed by atoms with van der Waals surface area (Å²) in [7, 11) is 1.84. The Bertz CT molecular complexity index is 415. The minimum absolute atomic E-state index is 0.104. The first kappa shape index (κ1) is 12.0. The lowest BCUT2D eigenvalue weighted by atomic mass is 9.99. The average molecular weight is 233 g/mol. The third kappa shape index (κ3) is 2.60. The van der Waals surface area contributed by atoms with Gasteiger partial charge in [-0.15, -0.1) is 0 Å². The summed E-state index contributed by atoms with van der Waals surface area (Å²) in [5, 5.41) is 0. The van der Waals surface area contributed by atoms with Crippen LogP contribution < -0.4 is 4.74 Å². The molecule has 1 aliphatic rings. The summed E-state index contributed by atoms with van der Waals surface area (Å²) in [6.07, 6.45) is 3.10. The first-order chi connectivity index (χ1) is 8.22. The van der Waals surface area contributed by atoms with Gasteiger partial charge in [0.05, 0.1) is 6.61 Å². The quantitative estimate of drug-likeness (QED) is 0.748. The molecular formula is C14H19NO2. The van der Waals surface area contributed by atoms with Gasteiger partial charge in [0, 0.05) is 19.2 Å². The molecule has 0 bridgehead atoms.